The van der Waals surface area contributed by atoms with Crippen molar-refractivity contribution >= 4 is 6.09 Å². The molecule has 1 N–H and O–H groups in total. The molecule has 128 valence electrons. The largest absolute Gasteiger partial charge is 0.444 e. The fourth-order valence-corrected chi connectivity index (χ4v) is 2.77. The predicted octanol–water partition coefficient (Wildman–Crippen LogP) is 2.97. The Balaban J connectivity index is 2.27. The van der Waals surface area contributed by atoms with Crippen LogP contribution in [-0.4, -0.2) is 47.1 Å². The van der Waals surface area contributed by atoms with E-state index in [4.69, 9.17) is 9.47 Å². The van der Waals surface area contributed by atoms with Gasteiger partial charge in [0.2, 0.25) is 0 Å². The Morgan fingerprint density at radius 3 is 2.39 bits per heavy atom. The quantitative estimate of drug-likeness (QED) is 0.926. The molecule has 0 bridgehead atoms. The maximum Gasteiger partial charge on any atom is 0.411 e. The van der Waals surface area contributed by atoms with Gasteiger partial charge >= 0.3 is 6.09 Å². The van der Waals surface area contributed by atoms with Crippen molar-refractivity contribution in [1.29, 1.82) is 0 Å². The van der Waals surface area contributed by atoms with Gasteiger partial charge in [0.15, 0.2) is 0 Å². The van der Waals surface area contributed by atoms with Crippen molar-refractivity contribution in [3.05, 3.63) is 35.9 Å². The van der Waals surface area contributed by atoms with E-state index in [9.17, 15) is 9.90 Å². The Kier molecular flexibility index (Phi) is 5.65. The van der Waals surface area contributed by atoms with E-state index in [-0.39, 0.29) is 6.61 Å². The number of aliphatic hydroxyl groups is 1. The van der Waals surface area contributed by atoms with E-state index in [1.54, 1.807) is 4.90 Å². The molecule has 5 nitrogen and oxygen atoms in total. The zero-order valence-electron chi connectivity index (χ0n) is 14.2. The van der Waals surface area contributed by atoms with Gasteiger partial charge in [-0.15, -0.1) is 0 Å². The second-order valence-electron chi connectivity index (χ2n) is 7.05. The molecule has 5 heteroatoms. The van der Waals surface area contributed by atoms with Crippen LogP contribution in [-0.2, 0) is 16.0 Å². The summed E-state index contributed by atoms with van der Waals surface area (Å²) in [6.07, 6.45) is 0.822. The second kappa shape index (κ2) is 7.32. The highest BCUT2D eigenvalue weighted by molar-refractivity contribution is 5.69. The Hall–Kier alpha value is -1.59. The van der Waals surface area contributed by atoms with Crippen LogP contribution in [0.3, 0.4) is 0 Å². The molecule has 1 amide bonds. The van der Waals surface area contributed by atoms with Crippen molar-refractivity contribution in [2.75, 3.05) is 19.8 Å². The fourth-order valence-electron chi connectivity index (χ4n) is 2.77. The summed E-state index contributed by atoms with van der Waals surface area (Å²) in [4.78, 5) is 14.5. The van der Waals surface area contributed by atoms with Gasteiger partial charge in [0.1, 0.15) is 5.60 Å². The normalized spacial score (nSPS) is 17.6. The molecule has 1 fully saturated rings. The summed E-state index contributed by atoms with van der Waals surface area (Å²) in [6, 6.07) is 9.78. The maximum atomic E-state index is 12.8. The van der Waals surface area contributed by atoms with E-state index in [1.165, 1.54) is 0 Å². The first-order valence-corrected chi connectivity index (χ1v) is 8.09. The Labute approximate surface area is 138 Å². The van der Waals surface area contributed by atoms with Gasteiger partial charge in [-0.2, -0.15) is 0 Å². The van der Waals surface area contributed by atoms with E-state index in [2.05, 4.69) is 0 Å². The number of amides is 1. The zero-order valence-corrected chi connectivity index (χ0v) is 14.2. The number of benzene rings is 1. The molecule has 1 heterocycles. The first-order chi connectivity index (χ1) is 10.9. The molecule has 0 aromatic heterocycles. The molecule has 23 heavy (non-hydrogen) atoms. The Morgan fingerprint density at radius 1 is 1.26 bits per heavy atom. The van der Waals surface area contributed by atoms with Crippen molar-refractivity contribution in [3.8, 4) is 0 Å². The minimum Gasteiger partial charge on any atom is -0.444 e. The fraction of sp³-hybridized carbons (Fsp3) is 0.611. The number of rotatable bonds is 4. The molecule has 0 radical (unpaired) electrons. The molecule has 1 aliphatic heterocycles. The van der Waals surface area contributed by atoms with Crippen LogP contribution in [0.1, 0.15) is 39.2 Å². The minimum absolute atomic E-state index is 0.0948. The molecular formula is C18H27NO4. The van der Waals surface area contributed by atoms with E-state index in [1.807, 2.05) is 51.1 Å². The van der Waals surface area contributed by atoms with Crippen LogP contribution >= 0.6 is 0 Å². The van der Waals surface area contributed by atoms with E-state index >= 15 is 0 Å². The molecule has 1 saturated heterocycles. The Morgan fingerprint density at radius 2 is 1.87 bits per heavy atom. The standard InChI is InChI=1S/C18H27NO4/c1-17(2,3)23-16(21)19(13-15-7-5-4-6-8-15)18(14-20)9-11-22-12-10-18/h4-8,20H,9-14H2,1-3H3. The lowest BCUT2D eigenvalue weighted by molar-refractivity contribution is -0.0679. The van der Waals surface area contributed by atoms with Crippen molar-refractivity contribution in [1.82, 2.24) is 4.90 Å². The minimum atomic E-state index is -0.629. The molecule has 0 atom stereocenters. The average molecular weight is 321 g/mol. The van der Waals surface area contributed by atoms with Crippen LogP contribution in [0.15, 0.2) is 30.3 Å². The van der Waals surface area contributed by atoms with Crippen molar-refractivity contribution in [2.24, 2.45) is 0 Å². The molecule has 2 rings (SSSR count). The highest BCUT2D eigenvalue weighted by atomic mass is 16.6. The maximum absolute atomic E-state index is 12.8. The summed E-state index contributed by atoms with van der Waals surface area (Å²) in [7, 11) is 0. The molecule has 0 unspecified atom stereocenters. The number of carbonyl (C=O) groups is 1. The number of ether oxygens (including phenoxy) is 2. The molecule has 0 aliphatic carbocycles. The van der Waals surface area contributed by atoms with Crippen LogP contribution in [0.2, 0.25) is 0 Å². The summed E-state index contributed by atoms with van der Waals surface area (Å²) in [6.45, 7) is 6.94. The predicted molar refractivity (Wildman–Crippen MR) is 88.1 cm³/mol. The molecule has 1 aromatic carbocycles. The Bertz CT molecular complexity index is 504. The molecule has 1 aliphatic rings. The van der Waals surface area contributed by atoms with Crippen LogP contribution in [0.4, 0.5) is 4.79 Å². The van der Waals surface area contributed by atoms with Crippen molar-refractivity contribution in [2.45, 2.75) is 51.3 Å². The molecule has 1 aromatic rings. The third-order valence-corrected chi connectivity index (χ3v) is 4.09. The van der Waals surface area contributed by atoms with Gasteiger partial charge in [-0.1, -0.05) is 30.3 Å². The summed E-state index contributed by atoms with van der Waals surface area (Å²) < 4.78 is 11.0. The highest BCUT2D eigenvalue weighted by Gasteiger charge is 2.42. The van der Waals surface area contributed by atoms with Gasteiger partial charge in [0, 0.05) is 19.8 Å². The lowest BCUT2D eigenvalue weighted by atomic mass is 9.88. The molecule has 0 spiro atoms. The van der Waals surface area contributed by atoms with E-state index in [0.29, 0.717) is 32.6 Å². The lowest BCUT2D eigenvalue weighted by Gasteiger charge is -2.45. The summed E-state index contributed by atoms with van der Waals surface area (Å²) in [5.74, 6) is 0. The summed E-state index contributed by atoms with van der Waals surface area (Å²) in [5, 5.41) is 10.0. The van der Waals surface area contributed by atoms with Crippen molar-refractivity contribution < 1.29 is 19.4 Å². The van der Waals surface area contributed by atoms with Gasteiger partial charge < -0.3 is 14.6 Å². The van der Waals surface area contributed by atoms with Gasteiger partial charge in [0.05, 0.1) is 12.1 Å². The van der Waals surface area contributed by atoms with Gasteiger partial charge in [0.25, 0.3) is 0 Å². The monoisotopic (exact) mass is 321 g/mol. The number of hydrogen-bond donors (Lipinski definition) is 1. The lowest BCUT2D eigenvalue weighted by Crippen LogP contribution is -2.57. The van der Waals surface area contributed by atoms with Gasteiger partial charge in [-0.3, -0.25) is 4.90 Å². The number of hydrogen-bond acceptors (Lipinski definition) is 4. The van der Waals surface area contributed by atoms with Crippen LogP contribution in [0, 0.1) is 0 Å². The summed E-state index contributed by atoms with van der Waals surface area (Å²) in [5.41, 5.74) is -0.192. The van der Waals surface area contributed by atoms with Crippen molar-refractivity contribution in [3.63, 3.8) is 0 Å². The smallest absolute Gasteiger partial charge is 0.411 e. The summed E-state index contributed by atoms with van der Waals surface area (Å²) >= 11 is 0. The number of aliphatic hydroxyl groups excluding tert-OH is 1. The number of nitrogens with zero attached hydrogens (tertiary/aromatic N) is 1. The number of carbonyl (C=O) groups excluding carboxylic acids is 1. The topological polar surface area (TPSA) is 59.0 Å². The van der Waals surface area contributed by atoms with Crippen LogP contribution in [0.25, 0.3) is 0 Å². The zero-order chi connectivity index (χ0) is 16.9. The van der Waals surface area contributed by atoms with E-state index < -0.39 is 17.2 Å². The molecule has 0 saturated carbocycles. The van der Waals surface area contributed by atoms with Gasteiger partial charge in [-0.25, -0.2) is 4.79 Å². The van der Waals surface area contributed by atoms with Crippen LogP contribution < -0.4 is 0 Å². The average Bonchev–Trinajstić information content (AvgIpc) is 2.52. The second-order valence-corrected chi connectivity index (χ2v) is 7.05. The highest BCUT2D eigenvalue weighted by Crippen LogP contribution is 2.31. The first-order valence-electron chi connectivity index (χ1n) is 8.09. The van der Waals surface area contributed by atoms with E-state index in [0.717, 1.165) is 5.56 Å². The molecular weight excluding hydrogens is 294 g/mol. The van der Waals surface area contributed by atoms with Crippen LogP contribution in [0.5, 0.6) is 0 Å². The third-order valence-electron chi connectivity index (χ3n) is 4.09. The SMILES string of the molecule is CC(C)(C)OC(=O)N(Cc1ccccc1)C1(CO)CCOCC1. The first kappa shape index (κ1) is 17.8. The van der Waals surface area contributed by atoms with Gasteiger partial charge in [-0.05, 0) is 39.2 Å². The third kappa shape index (κ3) is 4.69.